The summed E-state index contributed by atoms with van der Waals surface area (Å²) in [6.07, 6.45) is 35.4. The molecular formula is C41H84O7. The van der Waals surface area contributed by atoms with Crippen LogP contribution in [0.15, 0.2) is 0 Å². The molecule has 0 rings (SSSR count). The fourth-order valence-corrected chi connectivity index (χ4v) is 6.06. The van der Waals surface area contributed by atoms with Crippen LogP contribution in [0.25, 0.3) is 0 Å². The molecule has 0 fully saturated rings. The standard InChI is InChI=1S/C41H84O7/c1-3-5-7-9-11-13-15-17-19-21-23-25-27-29-31-45-35-40(44)36-48-41(38-47-34-39(43)33-42)37-46-32-30-28-26-24-22-20-18-16-14-12-10-8-6-4-2/h39-44H,3-38H2,1-2H3. The largest absolute Gasteiger partial charge is 0.394 e. The van der Waals surface area contributed by atoms with Crippen LogP contribution in [-0.4, -0.2) is 86.5 Å². The van der Waals surface area contributed by atoms with Gasteiger partial charge in [0.05, 0.1) is 39.6 Å². The molecule has 0 heterocycles. The molecule has 0 aromatic rings. The van der Waals surface area contributed by atoms with Gasteiger partial charge in [-0.15, -0.1) is 0 Å². The summed E-state index contributed by atoms with van der Waals surface area (Å²) in [6, 6.07) is 0. The second kappa shape index (κ2) is 41.1. The molecule has 3 atom stereocenters. The minimum absolute atomic E-state index is 0.0418. The second-order valence-corrected chi connectivity index (χ2v) is 14.3. The van der Waals surface area contributed by atoms with Crippen LogP contribution in [-0.2, 0) is 18.9 Å². The van der Waals surface area contributed by atoms with Crippen molar-refractivity contribution in [1.82, 2.24) is 0 Å². The van der Waals surface area contributed by atoms with Gasteiger partial charge in [0.25, 0.3) is 0 Å². The molecule has 0 aromatic heterocycles. The summed E-state index contributed by atoms with van der Waals surface area (Å²) in [4.78, 5) is 0. The minimum atomic E-state index is -0.906. The molecule has 3 unspecified atom stereocenters. The lowest BCUT2D eigenvalue weighted by Gasteiger charge is -2.21. The summed E-state index contributed by atoms with van der Waals surface area (Å²) in [5.74, 6) is 0. The second-order valence-electron chi connectivity index (χ2n) is 14.3. The first kappa shape index (κ1) is 47.7. The van der Waals surface area contributed by atoms with E-state index in [0.29, 0.717) is 19.8 Å². The summed E-state index contributed by atoms with van der Waals surface area (Å²) in [7, 11) is 0. The summed E-state index contributed by atoms with van der Waals surface area (Å²) < 4.78 is 23.0. The van der Waals surface area contributed by atoms with Gasteiger partial charge in [-0.25, -0.2) is 0 Å². The molecule has 0 aliphatic carbocycles. The Morgan fingerprint density at radius 1 is 0.354 bits per heavy atom. The third-order valence-corrected chi connectivity index (χ3v) is 9.25. The lowest BCUT2D eigenvalue weighted by Crippen LogP contribution is -2.33. The number of hydrogen-bond acceptors (Lipinski definition) is 7. The van der Waals surface area contributed by atoms with E-state index >= 15 is 0 Å². The summed E-state index contributed by atoms with van der Waals surface area (Å²) >= 11 is 0. The Balaban J connectivity index is 3.78. The van der Waals surface area contributed by atoms with Gasteiger partial charge in [-0.1, -0.05) is 181 Å². The maximum absolute atomic E-state index is 10.4. The van der Waals surface area contributed by atoms with E-state index < -0.39 is 12.2 Å². The smallest absolute Gasteiger partial charge is 0.104 e. The zero-order chi connectivity index (χ0) is 35.0. The molecule has 290 valence electrons. The molecule has 0 saturated heterocycles. The van der Waals surface area contributed by atoms with Gasteiger partial charge < -0.3 is 34.3 Å². The SMILES string of the molecule is CCCCCCCCCCCCCCCCOCC(O)COC(COCCCCCCCCCCCCCCCC)COCC(O)CO. The first-order chi connectivity index (χ1) is 23.6. The lowest BCUT2D eigenvalue weighted by molar-refractivity contribution is -0.101. The monoisotopic (exact) mass is 689 g/mol. The minimum Gasteiger partial charge on any atom is -0.394 e. The number of unbranched alkanes of at least 4 members (excludes halogenated alkanes) is 26. The highest BCUT2D eigenvalue weighted by molar-refractivity contribution is 4.61. The maximum Gasteiger partial charge on any atom is 0.104 e. The topological polar surface area (TPSA) is 97.6 Å². The first-order valence-electron chi connectivity index (χ1n) is 21.0. The van der Waals surface area contributed by atoms with Crippen molar-refractivity contribution in [2.75, 3.05) is 52.9 Å². The Bertz CT molecular complexity index is 579. The Morgan fingerprint density at radius 2 is 0.667 bits per heavy atom. The molecule has 0 saturated carbocycles. The van der Waals surface area contributed by atoms with Crippen LogP contribution in [0.2, 0.25) is 0 Å². The van der Waals surface area contributed by atoms with E-state index in [1.165, 1.54) is 167 Å². The van der Waals surface area contributed by atoms with E-state index in [9.17, 15) is 10.2 Å². The number of aliphatic hydroxyl groups is 3. The number of aliphatic hydroxyl groups excluding tert-OH is 3. The van der Waals surface area contributed by atoms with E-state index in [4.69, 9.17) is 24.1 Å². The van der Waals surface area contributed by atoms with E-state index in [1.807, 2.05) is 0 Å². The van der Waals surface area contributed by atoms with Gasteiger partial charge in [0, 0.05) is 13.2 Å². The van der Waals surface area contributed by atoms with Gasteiger partial charge in [0.15, 0.2) is 0 Å². The van der Waals surface area contributed by atoms with Gasteiger partial charge in [0.1, 0.15) is 18.3 Å². The van der Waals surface area contributed by atoms with Gasteiger partial charge in [-0.2, -0.15) is 0 Å². The van der Waals surface area contributed by atoms with Gasteiger partial charge >= 0.3 is 0 Å². The molecular weight excluding hydrogens is 604 g/mol. The number of rotatable bonds is 42. The average Bonchev–Trinajstić information content (AvgIpc) is 3.09. The fraction of sp³-hybridized carbons (Fsp3) is 1.00. The lowest BCUT2D eigenvalue weighted by atomic mass is 10.0. The molecule has 0 aliphatic rings. The quantitative estimate of drug-likeness (QED) is 0.0549. The fourth-order valence-electron chi connectivity index (χ4n) is 6.06. The Hall–Kier alpha value is -0.280. The van der Waals surface area contributed by atoms with Crippen LogP contribution in [0.1, 0.15) is 194 Å². The van der Waals surface area contributed by atoms with Crippen LogP contribution >= 0.6 is 0 Å². The predicted molar refractivity (Wildman–Crippen MR) is 202 cm³/mol. The van der Waals surface area contributed by atoms with Crippen molar-refractivity contribution >= 4 is 0 Å². The summed E-state index contributed by atoms with van der Waals surface area (Å²) in [5, 5.41) is 29.0. The van der Waals surface area contributed by atoms with Gasteiger partial charge in [0.2, 0.25) is 0 Å². The summed E-state index contributed by atoms with van der Waals surface area (Å²) in [6.45, 7) is 6.63. The molecule has 48 heavy (non-hydrogen) atoms. The number of ether oxygens (including phenoxy) is 4. The van der Waals surface area contributed by atoms with Crippen molar-refractivity contribution in [3.05, 3.63) is 0 Å². The molecule has 3 N–H and O–H groups in total. The van der Waals surface area contributed by atoms with Crippen molar-refractivity contribution in [2.24, 2.45) is 0 Å². The van der Waals surface area contributed by atoms with E-state index in [-0.39, 0.29) is 39.1 Å². The van der Waals surface area contributed by atoms with Crippen molar-refractivity contribution in [2.45, 2.75) is 212 Å². The van der Waals surface area contributed by atoms with Crippen molar-refractivity contribution in [1.29, 1.82) is 0 Å². The van der Waals surface area contributed by atoms with E-state index in [0.717, 1.165) is 12.8 Å². The van der Waals surface area contributed by atoms with Crippen LogP contribution in [0, 0.1) is 0 Å². The molecule has 0 radical (unpaired) electrons. The number of hydrogen-bond donors (Lipinski definition) is 3. The Morgan fingerprint density at radius 3 is 1.04 bits per heavy atom. The summed E-state index contributed by atoms with van der Waals surface area (Å²) in [5.41, 5.74) is 0. The Kier molecular flexibility index (Phi) is 40.9. The van der Waals surface area contributed by atoms with Crippen LogP contribution < -0.4 is 0 Å². The molecule has 0 aliphatic heterocycles. The van der Waals surface area contributed by atoms with Gasteiger partial charge in [-0.3, -0.25) is 0 Å². The van der Waals surface area contributed by atoms with E-state index in [1.54, 1.807) is 0 Å². The van der Waals surface area contributed by atoms with Crippen molar-refractivity contribution in [3.63, 3.8) is 0 Å². The third kappa shape index (κ3) is 38.5. The molecule has 0 bridgehead atoms. The molecule has 0 aromatic carbocycles. The Labute approximate surface area is 298 Å². The van der Waals surface area contributed by atoms with Crippen LogP contribution in [0.5, 0.6) is 0 Å². The third-order valence-electron chi connectivity index (χ3n) is 9.25. The predicted octanol–water partition coefficient (Wildman–Crippen LogP) is 10.1. The van der Waals surface area contributed by atoms with Crippen LogP contribution in [0.4, 0.5) is 0 Å². The van der Waals surface area contributed by atoms with Crippen LogP contribution in [0.3, 0.4) is 0 Å². The van der Waals surface area contributed by atoms with E-state index in [2.05, 4.69) is 13.8 Å². The average molecular weight is 689 g/mol. The van der Waals surface area contributed by atoms with Crippen molar-refractivity contribution in [3.8, 4) is 0 Å². The maximum atomic E-state index is 10.4. The molecule has 7 nitrogen and oxygen atoms in total. The molecule has 0 amide bonds. The first-order valence-corrected chi connectivity index (χ1v) is 21.0. The van der Waals surface area contributed by atoms with Crippen molar-refractivity contribution < 1.29 is 34.3 Å². The normalized spacial score (nSPS) is 13.7. The van der Waals surface area contributed by atoms with Gasteiger partial charge in [-0.05, 0) is 12.8 Å². The zero-order valence-corrected chi connectivity index (χ0v) is 32.2. The highest BCUT2D eigenvalue weighted by atomic mass is 16.6. The highest BCUT2D eigenvalue weighted by Gasteiger charge is 2.15. The zero-order valence-electron chi connectivity index (χ0n) is 32.2. The molecule has 7 heteroatoms. The highest BCUT2D eigenvalue weighted by Crippen LogP contribution is 2.14. The molecule has 0 spiro atoms.